The Bertz CT molecular complexity index is 1110. The normalized spacial score (nSPS) is 38.5. The number of ether oxygens (including phenoxy) is 2. The molecule has 11 nitrogen and oxygen atoms in total. The fraction of sp³-hybridized carbons (Fsp3) is 0.524. The second-order valence-electron chi connectivity index (χ2n) is 8.70. The number of amides is 2. The predicted octanol–water partition coefficient (Wildman–Crippen LogP) is 0.586. The molecule has 1 aromatic rings. The number of carbonyl (C=O) groups excluding carboxylic acids is 2. The number of methoxy groups -OCH3 is 2. The van der Waals surface area contributed by atoms with Crippen molar-refractivity contribution < 1.29 is 44.3 Å². The van der Waals surface area contributed by atoms with E-state index in [0.717, 1.165) is 15.9 Å². The lowest BCUT2D eigenvalue weighted by molar-refractivity contribution is -0.329. The maximum absolute atomic E-state index is 13.9. The average molecular weight is 545 g/mol. The van der Waals surface area contributed by atoms with Gasteiger partial charge in [-0.25, -0.2) is 0 Å². The highest BCUT2D eigenvalue weighted by Crippen LogP contribution is 2.63. The third-order valence-corrected chi connectivity index (χ3v) is 11.7. The van der Waals surface area contributed by atoms with Gasteiger partial charge in [0.05, 0.1) is 19.5 Å². The zero-order chi connectivity index (χ0) is 25.3. The minimum atomic E-state index is -1.99. The number of aliphatic hydroxyl groups is 3. The molecule has 5 aliphatic rings. The highest BCUT2D eigenvalue weighted by atomic mass is 33.5. The van der Waals surface area contributed by atoms with Crippen LogP contribution in [0, 0.1) is 0 Å². The fourth-order valence-corrected chi connectivity index (χ4v) is 10.7. The van der Waals surface area contributed by atoms with Gasteiger partial charge in [-0.2, -0.15) is 5.06 Å². The first-order valence-corrected chi connectivity index (χ1v) is 14.1. The Labute approximate surface area is 212 Å². The Hall–Kier alpha value is -1.81. The highest BCUT2D eigenvalue weighted by molar-refractivity contribution is 9.09. The van der Waals surface area contributed by atoms with Crippen LogP contribution in [0.3, 0.4) is 0 Å². The second-order valence-corrected chi connectivity index (χ2v) is 13.1. The topological polar surface area (TPSA) is 149 Å². The minimum Gasteiger partial charge on any atom is -0.504 e. The van der Waals surface area contributed by atoms with Crippen LogP contribution in [0.25, 0.3) is 0 Å². The second kappa shape index (κ2) is 8.64. The van der Waals surface area contributed by atoms with Crippen LogP contribution in [-0.4, -0.2) is 98.3 Å². The van der Waals surface area contributed by atoms with Crippen LogP contribution < -0.4 is 9.47 Å². The average Bonchev–Trinajstić information content (AvgIpc) is 2.83. The Kier molecular flexibility index (Phi) is 6.14. The molecule has 1 aliphatic carbocycles. The van der Waals surface area contributed by atoms with E-state index < -0.39 is 51.9 Å². The standard InChI is InChI=1S/C21H24N2O9S3/c1-22-13-16(9-4-6-11(30-2)15(31-3)14(9)26)33-35-34-21(19(22)28)8-20(29)12(25)7-5-10(24)17(20)32-23(21)18(13)27/h4-7,10,12-13,16-17,24-26,29H,8H2,1-3H3/t10-,12-,13-,16-,17+,20+,21-/m1/s1. The van der Waals surface area contributed by atoms with Crippen molar-refractivity contribution in [1.82, 2.24) is 9.96 Å². The van der Waals surface area contributed by atoms with Gasteiger partial charge in [-0.05, 0) is 26.7 Å². The van der Waals surface area contributed by atoms with Gasteiger partial charge < -0.3 is 34.8 Å². The molecule has 190 valence electrons. The van der Waals surface area contributed by atoms with E-state index in [1.165, 1.54) is 58.9 Å². The van der Waals surface area contributed by atoms with Crippen LogP contribution >= 0.6 is 31.4 Å². The number of phenolic OH excluding ortho intramolecular Hbond substituents is 1. The first-order chi connectivity index (χ1) is 16.6. The van der Waals surface area contributed by atoms with Gasteiger partial charge in [0.15, 0.2) is 11.5 Å². The summed E-state index contributed by atoms with van der Waals surface area (Å²) >= 11 is 0. The van der Waals surface area contributed by atoms with E-state index >= 15 is 0 Å². The van der Waals surface area contributed by atoms with Crippen molar-refractivity contribution in [3.63, 3.8) is 0 Å². The molecule has 4 N–H and O–H groups in total. The van der Waals surface area contributed by atoms with Crippen molar-refractivity contribution in [3.05, 3.63) is 29.8 Å². The van der Waals surface area contributed by atoms with Crippen molar-refractivity contribution in [2.75, 3.05) is 21.3 Å². The number of rotatable bonds is 3. The smallest absolute Gasteiger partial charge is 0.272 e. The number of carbonyl (C=O) groups is 2. The number of piperazine rings is 1. The van der Waals surface area contributed by atoms with Gasteiger partial charge in [0, 0.05) is 19.0 Å². The number of aliphatic hydroxyl groups excluding tert-OH is 2. The molecule has 4 fully saturated rings. The lowest BCUT2D eigenvalue weighted by Gasteiger charge is -2.60. The van der Waals surface area contributed by atoms with Crippen LogP contribution in [0.5, 0.6) is 17.2 Å². The summed E-state index contributed by atoms with van der Waals surface area (Å²) in [5.41, 5.74) is -1.63. The number of fused-ring (bicyclic) bond motifs is 5. The largest absolute Gasteiger partial charge is 0.504 e. The van der Waals surface area contributed by atoms with Gasteiger partial charge in [0.25, 0.3) is 11.8 Å². The molecule has 0 saturated carbocycles. The lowest BCUT2D eigenvalue weighted by Crippen LogP contribution is -2.78. The Balaban J connectivity index is 1.60. The number of hydrogen-bond acceptors (Lipinski definition) is 12. The molecule has 0 radical (unpaired) electrons. The first kappa shape index (κ1) is 24.9. The number of likely N-dealkylation sites (N-methyl/N-ethyl adjacent to an activating group) is 1. The molecule has 7 atom stereocenters. The summed E-state index contributed by atoms with van der Waals surface area (Å²) in [6.07, 6.45) is -1.88. The van der Waals surface area contributed by atoms with E-state index in [4.69, 9.17) is 14.3 Å². The van der Waals surface area contributed by atoms with Gasteiger partial charge in [0.1, 0.15) is 30.0 Å². The molecule has 1 aromatic carbocycles. The molecular weight excluding hydrogens is 520 g/mol. The number of aromatic hydroxyl groups is 1. The van der Waals surface area contributed by atoms with Gasteiger partial charge in [0.2, 0.25) is 10.6 Å². The van der Waals surface area contributed by atoms with E-state index in [9.17, 15) is 30.0 Å². The summed E-state index contributed by atoms with van der Waals surface area (Å²) in [5, 5.41) is 43.5. The van der Waals surface area contributed by atoms with Gasteiger partial charge in [-0.15, -0.1) is 0 Å². The van der Waals surface area contributed by atoms with Crippen molar-refractivity contribution in [3.8, 4) is 17.2 Å². The maximum atomic E-state index is 13.9. The molecule has 0 aromatic heterocycles. The van der Waals surface area contributed by atoms with Gasteiger partial charge in [-0.3, -0.25) is 14.4 Å². The number of hydrogen-bond donors (Lipinski definition) is 4. The molecule has 2 bridgehead atoms. The number of benzene rings is 1. The fourth-order valence-electron chi connectivity index (χ4n) is 5.02. The van der Waals surface area contributed by atoms with Crippen LogP contribution in [0.2, 0.25) is 0 Å². The molecule has 6 rings (SSSR count). The number of nitrogens with zero attached hydrogens (tertiary/aromatic N) is 2. The molecule has 14 heteroatoms. The Morgan fingerprint density at radius 3 is 2.60 bits per heavy atom. The van der Waals surface area contributed by atoms with E-state index in [-0.39, 0.29) is 17.9 Å². The summed E-state index contributed by atoms with van der Waals surface area (Å²) in [6.45, 7) is 0. The third-order valence-electron chi connectivity index (χ3n) is 6.86. The number of hydroxylamine groups is 2. The SMILES string of the molecule is COc1ccc([C@H]2SSS[C@@]34C[C@]5(O)[C@H](O)C=C[C@@H](O)[C@@H]5ON3C(=O)[C@@H]2N(C)C4=O)c(O)c1OC. The number of phenols is 1. The third kappa shape index (κ3) is 3.38. The predicted molar refractivity (Wildman–Crippen MR) is 128 cm³/mol. The summed E-state index contributed by atoms with van der Waals surface area (Å²) in [6, 6.07) is 2.13. The highest BCUT2D eigenvalue weighted by Gasteiger charge is 2.70. The van der Waals surface area contributed by atoms with E-state index in [2.05, 4.69) is 0 Å². The van der Waals surface area contributed by atoms with E-state index in [1.807, 2.05) is 0 Å². The van der Waals surface area contributed by atoms with E-state index in [1.54, 1.807) is 12.1 Å². The first-order valence-electron chi connectivity index (χ1n) is 10.6. The summed E-state index contributed by atoms with van der Waals surface area (Å²) < 4.78 is 10.5. The van der Waals surface area contributed by atoms with Gasteiger partial charge in [-0.1, -0.05) is 29.0 Å². The molecule has 35 heavy (non-hydrogen) atoms. The van der Waals surface area contributed by atoms with Crippen LogP contribution in [-0.2, 0) is 14.4 Å². The summed E-state index contributed by atoms with van der Waals surface area (Å²) in [4.78, 5) is 33.1. The minimum absolute atomic E-state index is 0.0993. The van der Waals surface area contributed by atoms with Crippen LogP contribution in [0.15, 0.2) is 24.3 Å². The van der Waals surface area contributed by atoms with Crippen molar-refractivity contribution >= 4 is 43.2 Å². The molecule has 4 saturated heterocycles. The van der Waals surface area contributed by atoms with Crippen molar-refractivity contribution in [2.24, 2.45) is 0 Å². The maximum Gasteiger partial charge on any atom is 0.272 e. The lowest BCUT2D eigenvalue weighted by atomic mass is 9.75. The molecular formula is C21H24N2O9S3. The molecule has 4 heterocycles. The molecule has 2 amide bonds. The quantitative estimate of drug-likeness (QED) is 0.312. The Morgan fingerprint density at radius 2 is 1.91 bits per heavy atom. The zero-order valence-electron chi connectivity index (χ0n) is 18.9. The van der Waals surface area contributed by atoms with Crippen molar-refractivity contribution in [1.29, 1.82) is 0 Å². The van der Waals surface area contributed by atoms with Crippen molar-refractivity contribution in [2.45, 2.75) is 46.5 Å². The van der Waals surface area contributed by atoms with E-state index in [0.29, 0.717) is 11.3 Å². The van der Waals surface area contributed by atoms with Crippen LogP contribution in [0.4, 0.5) is 0 Å². The Morgan fingerprint density at radius 1 is 1.17 bits per heavy atom. The zero-order valence-corrected chi connectivity index (χ0v) is 21.3. The van der Waals surface area contributed by atoms with Gasteiger partial charge >= 0.3 is 0 Å². The summed E-state index contributed by atoms with van der Waals surface area (Å²) in [7, 11) is 7.79. The van der Waals surface area contributed by atoms with Crippen LogP contribution in [0.1, 0.15) is 17.2 Å². The monoisotopic (exact) mass is 544 g/mol. The summed E-state index contributed by atoms with van der Waals surface area (Å²) in [5.74, 6) is -0.896. The molecule has 4 aliphatic heterocycles. The molecule has 0 unspecified atom stereocenters. The molecule has 1 spiro atoms.